The fourth-order valence-corrected chi connectivity index (χ4v) is 2.38. The highest BCUT2D eigenvalue weighted by Crippen LogP contribution is 2.19. The number of aryl methyl sites for hydroxylation is 1. The van der Waals surface area contributed by atoms with Crippen LogP contribution in [0.1, 0.15) is 22.3 Å². The number of benzene rings is 2. The lowest BCUT2D eigenvalue weighted by atomic mass is 10.1. The van der Waals surface area contributed by atoms with Gasteiger partial charge in [-0.3, -0.25) is 4.79 Å². The van der Waals surface area contributed by atoms with Crippen molar-refractivity contribution in [2.45, 2.75) is 12.8 Å². The van der Waals surface area contributed by atoms with Crippen molar-refractivity contribution in [3.63, 3.8) is 0 Å². The minimum atomic E-state index is -0.0998. The summed E-state index contributed by atoms with van der Waals surface area (Å²) < 4.78 is 0.757. The highest BCUT2D eigenvalue weighted by molar-refractivity contribution is 9.10. The average Bonchev–Trinajstić information content (AvgIpc) is 2.47. The molecular formula is C16H17BrN2O. The first kappa shape index (κ1) is 14.6. The fourth-order valence-electron chi connectivity index (χ4n) is 1.95. The highest BCUT2D eigenvalue weighted by Gasteiger charge is 2.09. The third kappa shape index (κ3) is 4.10. The Bertz CT molecular complexity index is 584. The van der Waals surface area contributed by atoms with Crippen molar-refractivity contribution in [1.29, 1.82) is 0 Å². The number of nitrogen functional groups attached to an aromatic ring is 1. The molecule has 0 spiro atoms. The van der Waals surface area contributed by atoms with Gasteiger partial charge in [0.1, 0.15) is 0 Å². The molecule has 0 radical (unpaired) electrons. The van der Waals surface area contributed by atoms with E-state index in [9.17, 15) is 4.79 Å². The van der Waals surface area contributed by atoms with Crippen molar-refractivity contribution in [2.24, 2.45) is 0 Å². The number of carbonyl (C=O) groups is 1. The van der Waals surface area contributed by atoms with Crippen molar-refractivity contribution >= 4 is 27.5 Å². The molecule has 1 amide bonds. The Morgan fingerprint density at radius 1 is 1.15 bits per heavy atom. The van der Waals surface area contributed by atoms with Crippen molar-refractivity contribution in [3.05, 3.63) is 64.1 Å². The van der Waals surface area contributed by atoms with E-state index < -0.39 is 0 Å². The predicted molar refractivity (Wildman–Crippen MR) is 85.7 cm³/mol. The van der Waals surface area contributed by atoms with Gasteiger partial charge in [0.2, 0.25) is 0 Å². The zero-order valence-electron chi connectivity index (χ0n) is 11.1. The van der Waals surface area contributed by atoms with Gasteiger partial charge in [0.15, 0.2) is 0 Å². The van der Waals surface area contributed by atoms with Gasteiger partial charge in [-0.1, -0.05) is 30.3 Å². The van der Waals surface area contributed by atoms with Gasteiger partial charge < -0.3 is 11.1 Å². The smallest absolute Gasteiger partial charge is 0.252 e. The van der Waals surface area contributed by atoms with Gasteiger partial charge in [-0.05, 0) is 52.5 Å². The average molecular weight is 333 g/mol. The number of anilines is 1. The number of hydrogen-bond acceptors (Lipinski definition) is 2. The van der Waals surface area contributed by atoms with Crippen LogP contribution in [-0.4, -0.2) is 12.5 Å². The van der Waals surface area contributed by atoms with E-state index in [0.717, 1.165) is 17.3 Å². The van der Waals surface area contributed by atoms with Gasteiger partial charge in [-0.15, -0.1) is 0 Å². The van der Waals surface area contributed by atoms with Crippen LogP contribution in [0.4, 0.5) is 5.69 Å². The topological polar surface area (TPSA) is 55.1 Å². The van der Waals surface area contributed by atoms with Crippen molar-refractivity contribution < 1.29 is 4.79 Å². The number of carbonyl (C=O) groups excluding carboxylic acids is 1. The normalized spacial score (nSPS) is 10.2. The van der Waals surface area contributed by atoms with Gasteiger partial charge in [0, 0.05) is 16.7 Å². The van der Waals surface area contributed by atoms with E-state index in [0.29, 0.717) is 17.8 Å². The minimum absolute atomic E-state index is 0.0998. The Kier molecular flexibility index (Phi) is 5.18. The van der Waals surface area contributed by atoms with Crippen LogP contribution in [0.5, 0.6) is 0 Å². The third-order valence-electron chi connectivity index (χ3n) is 3.01. The summed E-state index contributed by atoms with van der Waals surface area (Å²) in [5.41, 5.74) is 8.14. The molecule has 0 atom stereocenters. The SMILES string of the molecule is Nc1ccc(Br)c(C(=O)NCCCc2ccccc2)c1. The summed E-state index contributed by atoms with van der Waals surface area (Å²) >= 11 is 3.36. The molecule has 104 valence electrons. The lowest BCUT2D eigenvalue weighted by molar-refractivity contribution is 0.0952. The molecule has 2 aromatic rings. The van der Waals surface area contributed by atoms with E-state index in [4.69, 9.17) is 5.73 Å². The first-order valence-corrected chi connectivity index (χ1v) is 7.33. The van der Waals surface area contributed by atoms with E-state index in [1.54, 1.807) is 18.2 Å². The van der Waals surface area contributed by atoms with E-state index in [1.165, 1.54) is 5.56 Å². The largest absolute Gasteiger partial charge is 0.399 e. The molecule has 0 aliphatic carbocycles. The molecule has 0 aliphatic rings. The molecule has 0 heterocycles. The summed E-state index contributed by atoms with van der Waals surface area (Å²) in [7, 11) is 0. The molecule has 0 aromatic heterocycles. The molecule has 20 heavy (non-hydrogen) atoms. The van der Waals surface area contributed by atoms with E-state index >= 15 is 0 Å². The summed E-state index contributed by atoms with van der Waals surface area (Å²) in [4.78, 5) is 12.0. The summed E-state index contributed by atoms with van der Waals surface area (Å²) in [6.45, 7) is 0.648. The van der Waals surface area contributed by atoms with Crippen LogP contribution in [0.2, 0.25) is 0 Å². The van der Waals surface area contributed by atoms with E-state index in [2.05, 4.69) is 33.4 Å². The zero-order chi connectivity index (χ0) is 14.4. The third-order valence-corrected chi connectivity index (χ3v) is 3.70. The molecule has 3 nitrogen and oxygen atoms in total. The van der Waals surface area contributed by atoms with Gasteiger partial charge in [0.05, 0.1) is 5.56 Å². The molecule has 0 bridgehead atoms. The molecule has 0 fully saturated rings. The molecule has 0 saturated heterocycles. The quantitative estimate of drug-likeness (QED) is 0.651. The second-order valence-corrected chi connectivity index (χ2v) is 5.44. The van der Waals surface area contributed by atoms with Gasteiger partial charge in [-0.2, -0.15) is 0 Å². The van der Waals surface area contributed by atoms with Crippen LogP contribution >= 0.6 is 15.9 Å². The Morgan fingerprint density at radius 2 is 1.90 bits per heavy atom. The van der Waals surface area contributed by atoms with Crippen molar-refractivity contribution in [3.8, 4) is 0 Å². The van der Waals surface area contributed by atoms with Gasteiger partial charge >= 0.3 is 0 Å². The van der Waals surface area contributed by atoms with Crippen LogP contribution in [0, 0.1) is 0 Å². The molecule has 4 heteroatoms. The van der Waals surface area contributed by atoms with Crippen molar-refractivity contribution in [1.82, 2.24) is 5.32 Å². The summed E-state index contributed by atoms with van der Waals surface area (Å²) in [6.07, 6.45) is 1.87. The number of halogens is 1. The Balaban J connectivity index is 1.82. The molecule has 2 rings (SSSR count). The lowest BCUT2D eigenvalue weighted by Crippen LogP contribution is -2.25. The van der Waals surface area contributed by atoms with Crippen LogP contribution in [-0.2, 0) is 6.42 Å². The zero-order valence-corrected chi connectivity index (χ0v) is 12.7. The van der Waals surface area contributed by atoms with Crippen LogP contribution in [0.15, 0.2) is 53.0 Å². The number of hydrogen-bond donors (Lipinski definition) is 2. The van der Waals surface area contributed by atoms with Gasteiger partial charge in [0.25, 0.3) is 5.91 Å². The Morgan fingerprint density at radius 3 is 2.65 bits per heavy atom. The summed E-state index contributed by atoms with van der Waals surface area (Å²) in [5, 5.41) is 2.91. The molecule has 3 N–H and O–H groups in total. The van der Waals surface area contributed by atoms with Crippen LogP contribution < -0.4 is 11.1 Å². The van der Waals surface area contributed by atoms with Crippen LogP contribution in [0.25, 0.3) is 0 Å². The second-order valence-electron chi connectivity index (χ2n) is 4.58. The van der Waals surface area contributed by atoms with E-state index in [1.807, 2.05) is 18.2 Å². The van der Waals surface area contributed by atoms with Crippen molar-refractivity contribution in [2.75, 3.05) is 12.3 Å². The summed E-state index contributed by atoms with van der Waals surface area (Å²) in [6, 6.07) is 15.5. The second kappa shape index (κ2) is 7.10. The molecule has 0 unspecified atom stereocenters. The molecule has 0 saturated carbocycles. The number of nitrogens with one attached hydrogen (secondary N) is 1. The van der Waals surface area contributed by atoms with E-state index in [-0.39, 0.29) is 5.91 Å². The fraction of sp³-hybridized carbons (Fsp3) is 0.188. The maximum atomic E-state index is 12.0. The monoisotopic (exact) mass is 332 g/mol. The molecule has 0 aliphatic heterocycles. The Hall–Kier alpha value is -1.81. The maximum absolute atomic E-state index is 12.0. The predicted octanol–water partition coefficient (Wildman–Crippen LogP) is 3.39. The molecule has 2 aromatic carbocycles. The first-order valence-electron chi connectivity index (χ1n) is 6.54. The number of rotatable bonds is 5. The number of amides is 1. The highest BCUT2D eigenvalue weighted by atomic mass is 79.9. The summed E-state index contributed by atoms with van der Waals surface area (Å²) in [5.74, 6) is -0.0998. The standard InChI is InChI=1S/C16H17BrN2O/c17-15-9-8-13(18)11-14(15)16(20)19-10-4-7-12-5-2-1-3-6-12/h1-3,5-6,8-9,11H,4,7,10,18H2,(H,19,20). The van der Waals surface area contributed by atoms with Crippen LogP contribution in [0.3, 0.4) is 0 Å². The lowest BCUT2D eigenvalue weighted by Gasteiger charge is -2.07. The molecular weight excluding hydrogens is 316 g/mol. The minimum Gasteiger partial charge on any atom is -0.399 e. The Labute approximate surface area is 127 Å². The van der Waals surface area contributed by atoms with Gasteiger partial charge in [-0.25, -0.2) is 0 Å². The number of nitrogens with two attached hydrogens (primary N) is 1. The first-order chi connectivity index (χ1) is 9.66. The maximum Gasteiger partial charge on any atom is 0.252 e.